The van der Waals surface area contributed by atoms with Crippen LogP contribution in [0.3, 0.4) is 0 Å². The second kappa shape index (κ2) is 8.65. The maximum absolute atomic E-state index is 11.1. The molecule has 2 N–H and O–H groups in total. The molecular weight excluding hydrogens is 638 g/mol. The minimum absolute atomic E-state index is 0. The fourth-order valence-electron chi connectivity index (χ4n) is 1.14. The highest BCUT2D eigenvalue weighted by molar-refractivity contribution is 14.1. The quantitative estimate of drug-likeness (QED) is 0.481. The Bertz CT molecular complexity index is 545. The van der Waals surface area contributed by atoms with E-state index in [1.807, 2.05) is 6.07 Å². The Balaban J connectivity index is 0. The van der Waals surface area contributed by atoms with Crippen molar-refractivity contribution in [2.75, 3.05) is 0 Å². The van der Waals surface area contributed by atoms with Crippen molar-refractivity contribution in [1.29, 1.82) is 5.26 Å². The minimum Gasteiger partial charge on any atom is -0.478 e. The van der Waals surface area contributed by atoms with Gasteiger partial charge in [0.1, 0.15) is 6.07 Å². The Morgan fingerprint density at radius 1 is 0.895 bits per heavy atom. The third-order valence-electron chi connectivity index (χ3n) is 1.86. The largest absolute Gasteiger partial charge is 0.478 e. The van der Waals surface area contributed by atoms with Crippen LogP contribution in [0.5, 0.6) is 0 Å². The molecule has 0 aliphatic heterocycles. The van der Waals surface area contributed by atoms with Crippen LogP contribution in [0.15, 0.2) is 0 Å². The molecule has 5 nitrogen and oxygen atoms in total. The van der Waals surface area contributed by atoms with Crippen molar-refractivity contribution in [2.24, 2.45) is 0 Å². The van der Waals surface area contributed by atoms with Gasteiger partial charge in [-0.05, 0) is 67.8 Å². The zero-order valence-electron chi connectivity index (χ0n) is 8.61. The molecule has 19 heavy (non-hydrogen) atoms. The van der Waals surface area contributed by atoms with E-state index in [0.717, 1.165) is 0 Å². The summed E-state index contributed by atoms with van der Waals surface area (Å²) in [6.45, 7) is 0. The van der Waals surface area contributed by atoms with Crippen molar-refractivity contribution in [2.45, 2.75) is 0 Å². The van der Waals surface area contributed by atoms with Gasteiger partial charge in [-0.25, -0.2) is 9.59 Å². The summed E-state index contributed by atoms with van der Waals surface area (Å²) in [5, 5.41) is 27.1. The normalized spacial score (nSPS) is 8.74. The van der Waals surface area contributed by atoms with Gasteiger partial charge in [0, 0.05) is 10.7 Å². The van der Waals surface area contributed by atoms with Crippen LogP contribution in [0.25, 0.3) is 0 Å². The van der Waals surface area contributed by atoms with Crippen LogP contribution in [-0.2, 0) is 0 Å². The third kappa shape index (κ3) is 4.19. The molecule has 10 heteroatoms. The monoisotopic (exact) mass is 641 g/mol. The molecule has 0 saturated carbocycles. The maximum atomic E-state index is 11.1. The first-order valence-corrected chi connectivity index (χ1v) is 7.13. The molecule has 0 aliphatic rings. The van der Waals surface area contributed by atoms with E-state index < -0.39 is 11.9 Å². The van der Waals surface area contributed by atoms with Gasteiger partial charge in [0.05, 0.1) is 16.7 Å². The van der Waals surface area contributed by atoms with Crippen LogP contribution in [0.2, 0.25) is 0 Å². The fraction of sp³-hybridized carbons (Fsp3) is 0. The molecule has 0 saturated heterocycles. The second-order valence-electron chi connectivity index (χ2n) is 2.79. The van der Waals surface area contributed by atoms with Crippen LogP contribution in [0.1, 0.15) is 26.3 Å². The topological polar surface area (TPSA) is 98.4 Å². The molecule has 0 aromatic heterocycles. The number of rotatable bonds is 2. The summed E-state index contributed by atoms with van der Waals surface area (Å²) in [6.07, 6.45) is 0. The lowest BCUT2D eigenvalue weighted by atomic mass is 10.1. The first-order valence-electron chi connectivity index (χ1n) is 3.90. The molecule has 104 valence electrons. The van der Waals surface area contributed by atoms with Crippen LogP contribution in [0, 0.1) is 22.0 Å². The molecule has 1 aromatic carbocycles. The van der Waals surface area contributed by atoms with Crippen LogP contribution < -0.4 is 0 Å². The van der Waals surface area contributed by atoms with Crippen molar-refractivity contribution in [3.05, 3.63) is 27.4 Å². The number of benzene rings is 1. The van der Waals surface area contributed by atoms with Gasteiger partial charge in [-0.1, -0.05) is 0 Å². The molecule has 0 heterocycles. The molecule has 0 aliphatic carbocycles. The number of hydrogen-bond donors (Lipinski definition) is 2. The van der Waals surface area contributed by atoms with E-state index in [9.17, 15) is 9.59 Å². The molecule has 0 atom stereocenters. The number of halogens is 5. The van der Waals surface area contributed by atoms with Crippen molar-refractivity contribution < 1.29 is 19.8 Å². The number of nitriles is 1. The average Bonchev–Trinajstić information content (AvgIpc) is 2.16. The Labute approximate surface area is 161 Å². The summed E-state index contributed by atoms with van der Waals surface area (Å²) in [6, 6.07) is 1.84. The van der Waals surface area contributed by atoms with Crippen LogP contribution in [0.4, 0.5) is 0 Å². The molecule has 0 unspecified atom stereocenters. The number of carboxylic acid groups (broad SMARTS) is 2. The number of carbonyl (C=O) groups is 2. The van der Waals surface area contributed by atoms with Gasteiger partial charge in [-0.2, -0.15) is 5.26 Å². The summed E-state index contributed by atoms with van der Waals surface area (Å²) in [4.78, 5) is 22.2. The van der Waals surface area contributed by atoms with Gasteiger partial charge in [-0.15, -0.1) is 24.8 Å². The first-order chi connectivity index (χ1) is 7.82. The molecular formula is C9H4Cl2I3NO4. The lowest BCUT2D eigenvalue weighted by Crippen LogP contribution is -2.14. The minimum atomic E-state index is -1.24. The molecule has 0 radical (unpaired) electrons. The number of carboxylic acids is 2. The van der Waals surface area contributed by atoms with Crippen molar-refractivity contribution >= 4 is 105 Å². The van der Waals surface area contributed by atoms with E-state index in [-0.39, 0.29) is 52.2 Å². The maximum Gasteiger partial charge on any atom is 0.337 e. The highest BCUT2D eigenvalue weighted by Gasteiger charge is 2.27. The van der Waals surface area contributed by atoms with Crippen LogP contribution in [-0.4, -0.2) is 22.2 Å². The molecule has 0 spiro atoms. The molecule has 1 rings (SSSR count). The highest BCUT2D eigenvalue weighted by Crippen LogP contribution is 2.31. The zero-order chi connectivity index (χ0) is 13.3. The SMILES string of the molecule is Cl.Cl.N#Cc1c(I)c(C(=O)O)c(I)c(C(=O)O)c1I. The van der Waals surface area contributed by atoms with Gasteiger partial charge < -0.3 is 10.2 Å². The summed E-state index contributed by atoms with van der Waals surface area (Å²) in [5.74, 6) is -2.48. The van der Waals surface area contributed by atoms with E-state index in [1.54, 1.807) is 67.8 Å². The number of aromatic carboxylic acids is 2. The van der Waals surface area contributed by atoms with E-state index in [4.69, 9.17) is 15.5 Å². The van der Waals surface area contributed by atoms with Crippen molar-refractivity contribution in [1.82, 2.24) is 0 Å². The third-order valence-corrected chi connectivity index (χ3v) is 5.09. The van der Waals surface area contributed by atoms with E-state index in [2.05, 4.69) is 0 Å². The Morgan fingerprint density at radius 2 is 1.21 bits per heavy atom. The van der Waals surface area contributed by atoms with Gasteiger partial charge in [0.15, 0.2) is 0 Å². The molecule has 1 aromatic rings. The summed E-state index contributed by atoms with van der Waals surface area (Å²) >= 11 is 5.16. The van der Waals surface area contributed by atoms with Crippen molar-refractivity contribution in [3.63, 3.8) is 0 Å². The molecule has 0 bridgehead atoms. The summed E-state index contributed by atoms with van der Waals surface area (Å²) in [5.41, 5.74) is -0.192. The molecule has 0 fully saturated rings. The van der Waals surface area contributed by atoms with Gasteiger partial charge in [-0.3, -0.25) is 0 Å². The highest BCUT2D eigenvalue weighted by atomic mass is 127. The van der Waals surface area contributed by atoms with Gasteiger partial charge in [0.2, 0.25) is 0 Å². The van der Waals surface area contributed by atoms with Crippen LogP contribution >= 0.6 is 92.6 Å². The number of hydrogen-bond acceptors (Lipinski definition) is 3. The van der Waals surface area contributed by atoms with Crippen molar-refractivity contribution in [3.8, 4) is 6.07 Å². The Hall–Kier alpha value is 0.420. The first kappa shape index (κ1) is 21.7. The van der Waals surface area contributed by atoms with Gasteiger partial charge in [0.25, 0.3) is 0 Å². The standard InChI is InChI=1S/C9H2I3NO4.2ClH/c10-5-2(1-13)6(11)4(9(16)17)7(12)3(5)8(14)15;;/h(H,14,15)(H,16,17);2*1H. The van der Waals surface area contributed by atoms with E-state index >= 15 is 0 Å². The predicted molar refractivity (Wildman–Crippen MR) is 97.7 cm³/mol. The number of nitrogens with zero attached hydrogens (tertiary/aromatic N) is 1. The molecule has 0 amide bonds. The lowest BCUT2D eigenvalue weighted by Gasteiger charge is -2.11. The second-order valence-corrected chi connectivity index (χ2v) is 6.03. The smallest absolute Gasteiger partial charge is 0.337 e. The van der Waals surface area contributed by atoms with E-state index in [1.165, 1.54) is 0 Å². The predicted octanol–water partition coefficient (Wildman–Crippen LogP) is 3.61. The van der Waals surface area contributed by atoms with E-state index in [0.29, 0.717) is 0 Å². The lowest BCUT2D eigenvalue weighted by molar-refractivity contribution is 0.0694. The average molecular weight is 642 g/mol. The van der Waals surface area contributed by atoms with Gasteiger partial charge >= 0.3 is 11.9 Å². The summed E-state index contributed by atoms with van der Waals surface area (Å²) in [7, 11) is 0. The fourth-order valence-corrected chi connectivity index (χ4v) is 5.47. The Kier molecular flexibility index (Phi) is 9.89. The summed E-state index contributed by atoms with van der Waals surface area (Å²) < 4.78 is 0.656. The zero-order valence-corrected chi connectivity index (χ0v) is 16.7. The Morgan fingerprint density at radius 3 is 1.42 bits per heavy atom.